The Balaban J connectivity index is 2.12. The second kappa shape index (κ2) is 5.69. The Labute approximate surface area is 111 Å². The highest BCUT2D eigenvalue weighted by atomic mass is 35.5. The molecule has 0 aromatic heterocycles. The quantitative estimate of drug-likeness (QED) is 0.914. The van der Waals surface area contributed by atoms with Gasteiger partial charge in [-0.3, -0.25) is 9.69 Å². The summed E-state index contributed by atoms with van der Waals surface area (Å²) in [6, 6.07) is 7.62. The number of hydrogen-bond donors (Lipinski definition) is 1. The average molecular weight is 270 g/mol. The van der Waals surface area contributed by atoms with Crippen LogP contribution in [0.2, 0.25) is 5.02 Å². The summed E-state index contributed by atoms with van der Waals surface area (Å²) in [6.07, 6.45) is -0.158. The number of carbonyl (C=O) groups is 1. The number of nitrogens with zero attached hydrogens (tertiary/aromatic N) is 1. The van der Waals surface area contributed by atoms with Crippen LogP contribution < -0.4 is 0 Å². The van der Waals surface area contributed by atoms with E-state index in [1.54, 1.807) is 0 Å². The molecule has 2 atom stereocenters. The summed E-state index contributed by atoms with van der Waals surface area (Å²) in [5.74, 6) is -0.818. The van der Waals surface area contributed by atoms with E-state index in [1.165, 1.54) is 0 Å². The van der Waals surface area contributed by atoms with Crippen LogP contribution in [-0.2, 0) is 9.53 Å². The molecule has 1 aromatic rings. The van der Waals surface area contributed by atoms with Gasteiger partial charge >= 0.3 is 5.97 Å². The molecule has 1 heterocycles. The molecule has 1 fully saturated rings. The van der Waals surface area contributed by atoms with E-state index < -0.39 is 5.97 Å². The Morgan fingerprint density at radius 3 is 2.94 bits per heavy atom. The molecule has 1 aliphatic rings. The first-order chi connectivity index (χ1) is 8.58. The fraction of sp³-hybridized carbons (Fsp3) is 0.462. The van der Waals surface area contributed by atoms with Crippen molar-refractivity contribution in [2.24, 2.45) is 0 Å². The number of hydrogen-bond acceptors (Lipinski definition) is 3. The van der Waals surface area contributed by atoms with E-state index >= 15 is 0 Å². The van der Waals surface area contributed by atoms with Crippen molar-refractivity contribution < 1.29 is 14.6 Å². The van der Waals surface area contributed by atoms with Gasteiger partial charge in [-0.25, -0.2) is 0 Å². The molecule has 18 heavy (non-hydrogen) atoms. The summed E-state index contributed by atoms with van der Waals surface area (Å²) in [7, 11) is 0. The monoisotopic (exact) mass is 269 g/mol. The molecule has 0 saturated carbocycles. The molecule has 0 spiro atoms. The fourth-order valence-corrected chi connectivity index (χ4v) is 2.38. The first-order valence-corrected chi connectivity index (χ1v) is 6.27. The zero-order valence-corrected chi connectivity index (χ0v) is 10.9. The smallest absolute Gasteiger partial charge is 0.317 e. The molecule has 0 amide bonds. The van der Waals surface area contributed by atoms with Gasteiger partial charge in [0.25, 0.3) is 0 Å². The molecule has 2 rings (SSSR count). The number of carboxylic acid groups (broad SMARTS) is 1. The maximum absolute atomic E-state index is 10.8. The van der Waals surface area contributed by atoms with Gasteiger partial charge < -0.3 is 9.84 Å². The van der Waals surface area contributed by atoms with Crippen LogP contribution in [0.4, 0.5) is 0 Å². The molecule has 0 bridgehead atoms. The lowest BCUT2D eigenvalue weighted by Crippen LogP contribution is -2.47. The van der Waals surface area contributed by atoms with Gasteiger partial charge in [0, 0.05) is 23.2 Å². The van der Waals surface area contributed by atoms with Crippen LogP contribution in [0.1, 0.15) is 18.6 Å². The highest BCUT2D eigenvalue weighted by Gasteiger charge is 2.29. The summed E-state index contributed by atoms with van der Waals surface area (Å²) in [4.78, 5) is 12.7. The molecule has 5 heteroatoms. The first kappa shape index (κ1) is 13.3. The molecular formula is C13H16ClNO3. The molecule has 0 unspecified atom stereocenters. The molecule has 98 valence electrons. The van der Waals surface area contributed by atoms with Gasteiger partial charge in [-0.1, -0.05) is 29.8 Å². The Kier molecular flexibility index (Phi) is 4.22. The standard InChI is InChI=1S/C13H16ClNO3/c1-9-8-18-12(6-15(9)7-13(16)17)10-4-2-3-5-11(10)14/h2-5,9,12H,6-8H2,1H3,(H,16,17)/t9-,12-/m1/s1. The van der Waals surface area contributed by atoms with Gasteiger partial charge in [0.2, 0.25) is 0 Å². The van der Waals surface area contributed by atoms with Crippen molar-refractivity contribution in [2.75, 3.05) is 19.7 Å². The largest absolute Gasteiger partial charge is 0.480 e. The van der Waals surface area contributed by atoms with Crippen molar-refractivity contribution in [2.45, 2.75) is 19.1 Å². The van der Waals surface area contributed by atoms with Crippen molar-refractivity contribution in [3.05, 3.63) is 34.9 Å². The fourth-order valence-electron chi connectivity index (χ4n) is 2.12. The second-order valence-electron chi connectivity index (χ2n) is 4.52. The third kappa shape index (κ3) is 3.02. The maximum Gasteiger partial charge on any atom is 0.317 e. The van der Waals surface area contributed by atoms with E-state index in [0.29, 0.717) is 18.2 Å². The average Bonchev–Trinajstić information content (AvgIpc) is 2.32. The molecule has 0 radical (unpaired) electrons. The van der Waals surface area contributed by atoms with E-state index in [4.69, 9.17) is 21.4 Å². The van der Waals surface area contributed by atoms with Gasteiger partial charge in [0.15, 0.2) is 0 Å². The molecule has 1 saturated heterocycles. The zero-order chi connectivity index (χ0) is 13.1. The van der Waals surface area contributed by atoms with E-state index in [9.17, 15) is 4.79 Å². The van der Waals surface area contributed by atoms with Crippen molar-refractivity contribution in [1.82, 2.24) is 4.90 Å². The van der Waals surface area contributed by atoms with Crippen LogP contribution in [0, 0.1) is 0 Å². The van der Waals surface area contributed by atoms with Crippen molar-refractivity contribution in [3.8, 4) is 0 Å². The zero-order valence-electron chi connectivity index (χ0n) is 10.2. The Morgan fingerprint density at radius 1 is 1.56 bits per heavy atom. The second-order valence-corrected chi connectivity index (χ2v) is 4.92. The van der Waals surface area contributed by atoms with Crippen LogP contribution >= 0.6 is 11.6 Å². The lowest BCUT2D eigenvalue weighted by molar-refractivity contribution is -0.142. The number of morpholine rings is 1. The lowest BCUT2D eigenvalue weighted by Gasteiger charge is -2.37. The van der Waals surface area contributed by atoms with Crippen molar-refractivity contribution in [3.63, 3.8) is 0 Å². The Hall–Kier alpha value is -1.10. The number of benzene rings is 1. The molecule has 1 aromatic carbocycles. The molecule has 0 aliphatic carbocycles. The van der Waals surface area contributed by atoms with Crippen molar-refractivity contribution in [1.29, 1.82) is 0 Å². The number of aliphatic carboxylic acids is 1. The minimum absolute atomic E-state index is 0.0332. The summed E-state index contributed by atoms with van der Waals surface area (Å²) in [5, 5.41) is 9.55. The van der Waals surface area contributed by atoms with E-state index in [1.807, 2.05) is 36.1 Å². The summed E-state index contributed by atoms with van der Waals surface area (Å²) in [6.45, 7) is 3.07. The molecule has 1 aliphatic heterocycles. The van der Waals surface area contributed by atoms with Crippen LogP contribution in [0.5, 0.6) is 0 Å². The van der Waals surface area contributed by atoms with Crippen LogP contribution in [0.3, 0.4) is 0 Å². The third-order valence-electron chi connectivity index (χ3n) is 3.15. The Morgan fingerprint density at radius 2 is 2.28 bits per heavy atom. The molecule has 1 N–H and O–H groups in total. The van der Waals surface area contributed by atoms with Gasteiger partial charge in [-0.15, -0.1) is 0 Å². The SMILES string of the molecule is C[C@@H]1CO[C@@H](c2ccccc2Cl)CN1CC(=O)O. The first-order valence-electron chi connectivity index (χ1n) is 5.90. The summed E-state index contributed by atoms with van der Waals surface area (Å²) < 4.78 is 5.75. The summed E-state index contributed by atoms with van der Waals surface area (Å²) >= 11 is 6.13. The van der Waals surface area contributed by atoms with Gasteiger partial charge in [-0.2, -0.15) is 0 Å². The number of rotatable bonds is 3. The highest BCUT2D eigenvalue weighted by Crippen LogP contribution is 2.29. The lowest BCUT2D eigenvalue weighted by atomic mass is 10.1. The molecule has 4 nitrogen and oxygen atoms in total. The van der Waals surface area contributed by atoms with Gasteiger partial charge in [-0.05, 0) is 13.0 Å². The number of carboxylic acids is 1. The highest BCUT2D eigenvalue weighted by molar-refractivity contribution is 6.31. The van der Waals surface area contributed by atoms with E-state index in [-0.39, 0.29) is 18.7 Å². The maximum atomic E-state index is 10.8. The number of ether oxygens (including phenoxy) is 1. The van der Waals surface area contributed by atoms with E-state index in [0.717, 1.165) is 5.56 Å². The normalized spacial score (nSPS) is 25.0. The third-order valence-corrected chi connectivity index (χ3v) is 3.50. The number of halogens is 1. The van der Waals surface area contributed by atoms with Crippen LogP contribution in [-0.4, -0.2) is 41.7 Å². The minimum atomic E-state index is -0.818. The predicted octanol–water partition coefficient (Wildman–Crippen LogP) is 2.19. The topological polar surface area (TPSA) is 49.8 Å². The minimum Gasteiger partial charge on any atom is -0.480 e. The molecular weight excluding hydrogens is 254 g/mol. The van der Waals surface area contributed by atoms with Crippen LogP contribution in [0.25, 0.3) is 0 Å². The van der Waals surface area contributed by atoms with Crippen LogP contribution in [0.15, 0.2) is 24.3 Å². The van der Waals surface area contributed by atoms with Gasteiger partial charge in [0.05, 0.1) is 19.3 Å². The predicted molar refractivity (Wildman–Crippen MR) is 68.8 cm³/mol. The van der Waals surface area contributed by atoms with Gasteiger partial charge in [0.1, 0.15) is 0 Å². The van der Waals surface area contributed by atoms with Crippen molar-refractivity contribution >= 4 is 17.6 Å². The summed E-state index contributed by atoms with van der Waals surface area (Å²) in [5.41, 5.74) is 0.918. The Bertz CT molecular complexity index is 438. The van der Waals surface area contributed by atoms with E-state index in [2.05, 4.69) is 0 Å².